The van der Waals surface area contributed by atoms with E-state index in [1.165, 1.54) is 30.6 Å². The fourth-order valence-corrected chi connectivity index (χ4v) is 4.68. The van der Waals surface area contributed by atoms with Crippen molar-refractivity contribution in [3.05, 3.63) is 57.8 Å². The van der Waals surface area contributed by atoms with Gasteiger partial charge >= 0.3 is 0 Å². The molecule has 0 aliphatic carbocycles. The Kier molecular flexibility index (Phi) is 8.46. The summed E-state index contributed by atoms with van der Waals surface area (Å²) in [7, 11) is 1.76. The summed E-state index contributed by atoms with van der Waals surface area (Å²) in [5, 5.41) is 14.7. The average molecular weight is 450 g/mol. The standard InChI is InChI=1S/C25H31N5OS/c1-4-12-27-19(2)22-17-32-24(23(22)28-18-30-13-8-5-9-14-30)25(31)29(3)16-21-11-7-6-10-20(21)15-26/h6-7,10-11,17-18,27H,2,4-5,8-9,12-14,16H2,1,3H3. The number of benzene rings is 1. The molecule has 168 valence electrons. The number of rotatable bonds is 9. The highest BCUT2D eigenvalue weighted by Crippen LogP contribution is 2.35. The molecule has 1 amide bonds. The fourth-order valence-electron chi connectivity index (χ4n) is 3.66. The highest BCUT2D eigenvalue weighted by molar-refractivity contribution is 7.13. The average Bonchev–Trinajstić information content (AvgIpc) is 3.25. The Labute approximate surface area is 194 Å². The number of aliphatic imine (C=N–C) groups is 1. The molecule has 1 saturated heterocycles. The molecule has 2 aromatic rings. The van der Waals surface area contributed by atoms with Gasteiger partial charge in [0.05, 0.1) is 23.7 Å². The van der Waals surface area contributed by atoms with E-state index in [1.807, 2.05) is 29.9 Å². The Bertz CT molecular complexity index is 1010. The van der Waals surface area contributed by atoms with Crippen LogP contribution in [0, 0.1) is 11.3 Å². The molecule has 1 fully saturated rings. The van der Waals surface area contributed by atoms with Crippen LogP contribution in [0.1, 0.15) is 59.0 Å². The third-order valence-electron chi connectivity index (χ3n) is 5.51. The van der Waals surface area contributed by atoms with E-state index in [-0.39, 0.29) is 5.91 Å². The number of nitrogens with zero attached hydrogens (tertiary/aromatic N) is 4. The Balaban J connectivity index is 1.87. The minimum atomic E-state index is -0.108. The fraction of sp³-hybridized carbons (Fsp3) is 0.400. The molecule has 1 aliphatic heterocycles. The van der Waals surface area contributed by atoms with Crippen molar-refractivity contribution in [1.82, 2.24) is 15.1 Å². The maximum atomic E-state index is 13.4. The monoisotopic (exact) mass is 449 g/mol. The number of piperidine rings is 1. The largest absolute Gasteiger partial charge is 0.385 e. The number of hydrogen-bond donors (Lipinski definition) is 1. The van der Waals surface area contributed by atoms with Crippen molar-refractivity contribution < 1.29 is 4.79 Å². The van der Waals surface area contributed by atoms with E-state index < -0.39 is 0 Å². The Morgan fingerprint density at radius 1 is 1.34 bits per heavy atom. The molecule has 6 nitrogen and oxygen atoms in total. The lowest BCUT2D eigenvalue weighted by Crippen LogP contribution is -2.28. The van der Waals surface area contributed by atoms with E-state index in [2.05, 4.69) is 29.8 Å². The second-order valence-electron chi connectivity index (χ2n) is 8.00. The molecule has 0 saturated carbocycles. The zero-order chi connectivity index (χ0) is 22.9. The van der Waals surface area contributed by atoms with Gasteiger partial charge in [0.2, 0.25) is 0 Å². The van der Waals surface area contributed by atoms with Gasteiger partial charge in [0.25, 0.3) is 5.91 Å². The Hall–Kier alpha value is -3.11. The first-order valence-corrected chi connectivity index (χ1v) is 12.0. The minimum Gasteiger partial charge on any atom is -0.385 e. The second-order valence-corrected chi connectivity index (χ2v) is 8.88. The first-order chi connectivity index (χ1) is 15.5. The second kappa shape index (κ2) is 11.5. The van der Waals surface area contributed by atoms with Crippen LogP contribution in [0.5, 0.6) is 0 Å². The lowest BCUT2D eigenvalue weighted by atomic mass is 10.1. The molecule has 1 N–H and O–H groups in total. The lowest BCUT2D eigenvalue weighted by molar-refractivity contribution is 0.0790. The molecule has 0 radical (unpaired) electrons. The highest BCUT2D eigenvalue weighted by atomic mass is 32.1. The Morgan fingerprint density at radius 2 is 2.09 bits per heavy atom. The van der Waals surface area contributed by atoms with Gasteiger partial charge in [-0.3, -0.25) is 4.79 Å². The maximum absolute atomic E-state index is 13.4. The van der Waals surface area contributed by atoms with Crippen LogP contribution in [0.4, 0.5) is 5.69 Å². The maximum Gasteiger partial charge on any atom is 0.266 e. The van der Waals surface area contributed by atoms with E-state index in [9.17, 15) is 10.1 Å². The predicted molar refractivity (Wildman–Crippen MR) is 132 cm³/mol. The first kappa shape index (κ1) is 23.6. The zero-order valence-electron chi connectivity index (χ0n) is 18.9. The van der Waals surface area contributed by atoms with E-state index >= 15 is 0 Å². The molecule has 32 heavy (non-hydrogen) atoms. The summed E-state index contributed by atoms with van der Waals surface area (Å²) in [4.78, 5) is 22.6. The molecule has 1 aromatic heterocycles. The van der Waals surface area contributed by atoms with Gasteiger partial charge in [0, 0.05) is 49.9 Å². The van der Waals surface area contributed by atoms with Crippen LogP contribution in [0.2, 0.25) is 0 Å². The molecule has 1 aliphatic rings. The number of hydrogen-bond acceptors (Lipinski definition) is 5. The molecule has 2 heterocycles. The van der Waals surface area contributed by atoms with Crippen LogP contribution in [0.25, 0.3) is 5.70 Å². The van der Waals surface area contributed by atoms with Crippen LogP contribution in [0.15, 0.2) is 41.2 Å². The van der Waals surface area contributed by atoms with Gasteiger partial charge < -0.3 is 15.1 Å². The van der Waals surface area contributed by atoms with Gasteiger partial charge in [-0.25, -0.2) is 4.99 Å². The van der Waals surface area contributed by atoms with E-state index in [0.29, 0.717) is 22.7 Å². The van der Waals surface area contributed by atoms with Gasteiger partial charge in [-0.2, -0.15) is 5.26 Å². The number of nitriles is 1. The van der Waals surface area contributed by atoms with Crippen molar-refractivity contribution >= 4 is 35.0 Å². The quantitative estimate of drug-likeness (QED) is 0.432. The summed E-state index contributed by atoms with van der Waals surface area (Å²) < 4.78 is 0. The normalized spacial score (nSPS) is 13.7. The number of nitrogens with one attached hydrogen (secondary N) is 1. The topological polar surface area (TPSA) is 71.7 Å². The van der Waals surface area contributed by atoms with Gasteiger partial charge in [-0.05, 0) is 37.3 Å². The van der Waals surface area contributed by atoms with Crippen molar-refractivity contribution in [3.63, 3.8) is 0 Å². The van der Waals surface area contributed by atoms with Crippen LogP contribution < -0.4 is 5.32 Å². The third kappa shape index (κ3) is 5.77. The summed E-state index contributed by atoms with van der Waals surface area (Å²) in [6, 6.07) is 9.57. The van der Waals surface area contributed by atoms with Crippen molar-refractivity contribution in [2.45, 2.75) is 39.2 Å². The summed E-state index contributed by atoms with van der Waals surface area (Å²) >= 11 is 1.39. The number of amides is 1. The molecule has 3 rings (SSSR count). The molecule has 7 heteroatoms. The van der Waals surface area contributed by atoms with Crippen LogP contribution >= 0.6 is 11.3 Å². The number of carbonyl (C=O) groups excluding carboxylic acids is 1. The number of likely N-dealkylation sites (tertiary alicyclic amines) is 1. The van der Waals surface area contributed by atoms with Crippen molar-refractivity contribution in [2.24, 2.45) is 4.99 Å². The van der Waals surface area contributed by atoms with E-state index in [0.717, 1.165) is 42.9 Å². The van der Waals surface area contributed by atoms with Crippen LogP contribution in [0.3, 0.4) is 0 Å². The van der Waals surface area contributed by atoms with Crippen LogP contribution in [-0.4, -0.2) is 48.7 Å². The van der Waals surface area contributed by atoms with Crippen molar-refractivity contribution in [1.29, 1.82) is 5.26 Å². The number of thiophene rings is 1. The molecule has 0 atom stereocenters. The predicted octanol–water partition coefficient (Wildman–Crippen LogP) is 5.01. The van der Waals surface area contributed by atoms with Gasteiger partial charge in [-0.1, -0.05) is 31.7 Å². The van der Waals surface area contributed by atoms with Crippen molar-refractivity contribution in [2.75, 3.05) is 26.7 Å². The molecular weight excluding hydrogens is 418 g/mol. The SMILES string of the molecule is C=C(NCCC)c1csc(C(=O)N(C)Cc2ccccc2C#N)c1N=CN1CCCCC1. The summed E-state index contributed by atoms with van der Waals surface area (Å²) in [6.07, 6.45) is 6.45. The molecule has 0 unspecified atom stereocenters. The smallest absolute Gasteiger partial charge is 0.266 e. The highest BCUT2D eigenvalue weighted by Gasteiger charge is 2.23. The summed E-state index contributed by atoms with van der Waals surface area (Å²) in [5.74, 6) is -0.108. The lowest BCUT2D eigenvalue weighted by Gasteiger charge is -2.24. The van der Waals surface area contributed by atoms with Gasteiger partial charge in [-0.15, -0.1) is 11.3 Å². The van der Waals surface area contributed by atoms with E-state index in [1.54, 1.807) is 18.0 Å². The Morgan fingerprint density at radius 3 is 2.81 bits per heavy atom. The summed E-state index contributed by atoms with van der Waals surface area (Å²) in [6.45, 7) is 9.44. The number of carbonyl (C=O) groups is 1. The molecule has 0 bridgehead atoms. The van der Waals surface area contributed by atoms with Gasteiger partial charge in [0.15, 0.2) is 0 Å². The molecule has 0 spiro atoms. The van der Waals surface area contributed by atoms with Crippen LogP contribution in [-0.2, 0) is 6.54 Å². The minimum absolute atomic E-state index is 0.108. The summed E-state index contributed by atoms with van der Waals surface area (Å²) in [5.41, 5.74) is 3.73. The molecular formula is C25H31N5OS. The first-order valence-electron chi connectivity index (χ1n) is 11.1. The molecule has 1 aromatic carbocycles. The van der Waals surface area contributed by atoms with Gasteiger partial charge in [0.1, 0.15) is 4.88 Å². The van der Waals surface area contributed by atoms with Crippen molar-refractivity contribution in [3.8, 4) is 6.07 Å². The third-order valence-corrected chi connectivity index (χ3v) is 6.46. The zero-order valence-corrected chi connectivity index (χ0v) is 19.7. The van der Waals surface area contributed by atoms with E-state index in [4.69, 9.17) is 4.99 Å².